The number of ether oxygens (including phenoxy) is 1. The van der Waals surface area contributed by atoms with Gasteiger partial charge in [-0.3, -0.25) is 28.8 Å². The summed E-state index contributed by atoms with van der Waals surface area (Å²) in [6.45, 7) is 15.6. The maximum atomic E-state index is 15.1. The van der Waals surface area contributed by atoms with Crippen LogP contribution in [0.15, 0.2) is 66.7 Å². The summed E-state index contributed by atoms with van der Waals surface area (Å²) in [7, 11) is 3.37. The number of carbonyl (C=O) groups excluding carboxylic acids is 6. The van der Waals surface area contributed by atoms with Crippen molar-refractivity contribution in [1.82, 2.24) is 41.7 Å². The van der Waals surface area contributed by atoms with E-state index in [-0.39, 0.29) is 73.0 Å². The van der Waals surface area contributed by atoms with Gasteiger partial charge < -0.3 is 46.4 Å². The molecule has 1 saturated heterocycles. The summed E-state index contributed by atoms with van der Waals surface area (Å²) in [6, 6.07) is 16.7. The predicted molar refractivity (Wildman–Crippen MR) is 265 cm³/mol. The van der Waals surface area contributed by atoms with E-state index in [1.807, 2.05) is 90.1 Å². The molecule has 69 heavy (non-hydrogen) atoms. The second kappa shape index (κ2) is 21.1. The lowest BCUT2D eigenvalue weighted by Gasteiger charge is -2.42. The van der Waals surface area contributed by atoms with Gasteiger partial charge in [-0.05, 0) is 98.3 Å². The minimum absolute atomic E-state index is 0.0939. The maximum absolute atomic E-state index is 15.1. The van der Waals surface area contributed by atoms with Gasteiger partial charge in [-0.25, -0.2) is 0 Å². The van der Waals surface area contributed by atoms with E-state index < -0.39 is 47.1 Å². The van der Waals surface area contributed by atoms with Crippen molar-refractivity contribution >= 4 is 35.4 Å². The highest BCUT2D eigenvalue weighted by molar-refractivity contribution is 5.95. The summed E-state index contributed by atoms with van der Waals surface area (Å²) in [5.74, 6) is -1.45. The summed E-state index contributed by atoms with van der Waals surface area (Å²) in [5, 5.41) is 18.5. The molecule has 7 rings (SSSR count). The number of para-hydroxylation sites is 1. The van der Waals surface area contributed by atoms with Crippen LogP contribution in [0.2, 0.25) is 0 Å². The topological polar surface area (TPSA) is 190 Å². The van der Waals surface area contributed by atoms with Gasteiger partial charge in [0.25, 0.3) is 0 Å². The van der Waals surface area contributed by atoms with Gasteiger partial charge in [0, 0.05) is 37.4 Å². The lowest BCUT2D eigenvalue weighted by molar-refractivity contribution is -0.147. The van der Waals surface area contributed by atoms with Crippen molar-refractivity contribution in [3.05, 3.63) is 100 Å². The summed E-state index contributed by atoms with van der Waals surface area (Å²) in [4.78, 5) is 89.4. The molecule has 6 amide bonds. The zero-order valence-electron chi connectivity index (χ0n) is 42.2. The van der Waals surface area contributed by atoms with Gasteiger partial charge in [-0.2, -0.15) is 0 Å². The molecule has 1 fully saturated rings. The molecule has 4 aliphatic rings. The van der Waals surface area contributed by atoms with Crippen molar-refractivity contribution in [2.24, 2.45) is 10.8 Å². The average Bonchev–Trinajstić information content (AvgIpc) is 3.79. The lowest BCUT2D eigenvalue weighted by atomic mass is 9.83. The zero-order valence-corrected chi connectivity index (χ0v) is 42.2. The summed E-state index contributed by atoms with van der Waals surface area (Å²) < 4.78 is 5.89. The SMILES string of the molecule is CN[C@@H](C)C(=O)N[C@H](C(=O)N1C[C@@H](c2ccc3c(c2)CN(C(=O)[C@@H](NC(=O)[C@H](C)NC)C(C)(C)C)[C@H](C(=O)N[C@@H]2CCOc4ccccc42)C3)C[C@H]1C(=O)N[C@@H]1CCCc2ccccc21)C(C)(C)C. The molecule has 3 aliphatic heterocycles. The van der Waals surface area contributed by atoms with Crippen LogP contribution in [-0.4, -0.2) is 109 Å². The molecule has 0 radical (unpaired) electrons. The molecule has 0 saturated carbocycles. The number of amides is 6. The second-order valence-corrected chi connectivity index (χ2v) is 21.7. The number of hydrogen-bond acceptors (Lipinski definition) is 9. The third-order valence-corrected chi connectivity index (χ3v) is 14.7. The van der Waals surface area contributed by atoms with Crippen LogP contribution in [-0.2, 0) is 48.2 Å². The Bertz CT molecular complexity index is 2410. The molecule has 15 nitrogen and oxygen atoms in total. The van der Waals surface area contributed by atoms with E-state index >= 15 is 4.79 Å². The normalized spacial score (nSPS) is 22.8. The predicted octanol–water partition coefficient (Wildman–Crippen LogP) is 4.74. The van der Waals surface area contributed by atoms with Crippen molar-refractivity contribution < 1.29 is 33.5 Å². The van der Waals surface area contributed by atoms with Gasteiger partial charge in [-0.1, -0.05) is 102 Å². The van der Waals surface area contributed by atoms with Crippen LogP contribution in [0.25, 0.3) is 0 Å². The van der Waals surface area contributed by atoms with E-state index in [4.69, 9.17) is 4.74 Å². The maximum Gasteiger partial charge on any atom is 0.246 e. The van der Waals surface area contributed by atoms with E-state index in [0.717, 1.165) is 47.1 Å². The van der Waals surface area contributed by atoms with Crippen molar-refractivity contribution in [1.29, 1.82) is 0 Å². The molecule has 15 heteroatoms. The highest BCUT2D eigenvalue weighted by Crippen LogP contribution is 2.39. The van der Waals surface area contributed by atoms with Gasteiger partial charge in [-0.15, -0.1) is 0 Å². The van der Waals surface area contributed by atoms with E-state index in [2.05, 4.69) is 50.1 Å². The van der Waals surface area contributed by atoms with Gasteiger partial charge >= 0.3 is 0 Å². The molecule has 1 aliphatic carbocycles. The molecule has 9 atom stereocenters. The van der Waals surface area contributed by atoms with Gasteiger partial charge in [0.1, 0.15) is 29.9 Å². The Morgan fingerprint density at radius 3 is 1.84 bits per heavy atom. The number of aryl methyl sites for hydroxylation is 1. The number of fused-ring (bicyclic) bond motifs is 3. The highest BCUT2D eigenvalue weighted by Gasteiger charge is 2.47. The van der Waals surface area contributed by atoms with Gasteiger partial charge in [0.05, 0.1) is 30.8 Å². The van der Waals surface area contributed by atoms with Crippen LogP contribution >= 0.6 is 0 Å². The Hall–Kier alpha value is -5.80. The Kier molecular flexibility index (Phi) is 15.6. The summed E-state index contributed by atoms with van der Waals surface area (Å²) in [5.41, 5.74) is 4.41. The number of benzene rings is 3. The second-order valence-electron chi connectivity index (χ2n) is 21.7. The van der Waals surface area contributed by atoms with Crippen LogP contribution < -0.4 is 36.6 Å². The monoisotopic (exact) mass is 947 g/mol. The number of likely N-dealkylation sites (tertiary alicyclic amines) is 1. The first-order valence-corrected chi connectivity index (χ1v) is 24.8. The zero-order chi connectivity index (χ0) is 49.9. The van der Waals surface area contributed by atoms with E-state index in [1.165, 1.54) is 5.56 Å². The first kappa shape index (κ1) is 51.1. The number of nitrogens with zero attached hydrogens (tertiary/aromatic N) is 2. The third-order valence-electron chi connectivity index (χ3n) is 14.7. The largest absolute Gasteiger partial charge is 0.493 e. The fourth-order valence-electron chi connectivity index (χ4n) is 10.3. The van der Waals surface area contributed by atoms with E-state index in [0.29, 0.717) is 25.2 Å². The van der Waals surface area contributed by atoms with E-state index in [9.17, 15) is 24.0 Å². The molecule has 6 N–H and O–H groups in total. The van der Waals surface area contributed by atoms with Crippen LogP contribution in [0.5, 0.6) is 5.75 Å². The van der Waals surface area contributed by atoms with Gasteiger partial charge in [0.15, 0.2) is 0 Å². The highest BCUT2D eigenvalue weighted by atomic mass is 16.5. The van der Waals surface area contributed by atoms with Crippen molar-refractivity contribution in [3.63, 3.8) is 0 Å². The molecular weight excluding hydrogens is 873 g/mol. The minimum Gasteiger partial charge on any atom is -0.493 e. The molecule has 3 aromatic carbocycles. The number of nitrogens with one attached hydrogen (secondary N) is 6. The van der Waals surface area contributed by atoms with Crippen molar-refractivity contribution in [3.8, 4) is 5.75 Å². The van der Waals surface area contributed by atoms with Crippen LogP contribution in [0.1, 0.15) is 132 Å². The van der Waals surface area contributed by atoms with Crippen molar-refractivity contribution in [2.75, 3.05) is 27.2 Å². The van der Waals surface area contributed by atoms with Crippen LogP contribution in [0.3, 0.4) is 0 Å². The smallest absolute Gasteiger partial charge is 0.246 e. The number of hydrogen-bond donors (Lipinski definition) is 6. The Labute approximate surface area is 408 Å². The van der Waals surface area contributed by atoms with Crippen LogP contribution in [0, 0.1) is 10.8 Å². The lowest BCUT2D eigenvalue weighted by Crippen LogP contribution is -2.62. The molecule has 3 heterocycles. The van der Waals surface area contributed by atoms with Crippen LogP contribution in [0.4, 0.5) is 0 Å². The van der Waals surface area contributed by atoms with Crippen molar-refractivity contribution in [2.45, 2.75) is 155 Å². The molecule has 0 unspecified atom stereocenters. The molecule has 0 bridgehead atoms. The number of rotatable bonds is 13. The number of carbonyl (C=O) groups is 6. The molecule has 3 aromatic rings. The summed E-state index contributed by atoms with van der Waals surface area (Å²) >= 11 is 0. The molecule has 0 aromatic heterocycles. The Balaban J connectivity index is 1.22. The standard InChI is InChI=1S/C54H74N8O7/c1-31(55-9)47(63)59-45(53(3,4)5)51(67)61-29-36-26-34(22-23-35(36)27-42(61)49(65)58-41-24-25-69-44-21-14-13-19-39(41)44)37-28-43(50(66)57-40-20-15-17-33-16-11-12-18-38(33)40)62(30-37)52(68)46(54(6,7)8)60-48(64)32(2)56-10/h11-14,16,18-19,21-23,26,31-32,37,40-43,45-46,55-56H,15,17,20,24-25,27-30H2,1-10H3,(H,57,66)(H,58,65)(H,59,63)(H,60,64)/t31-,32-,37-,40+,41+,42-,43-,45+,46+/m0/s1. The first-order valence-electron chi connectivity index (χ1n) is 24.8. The minimum atomic E-state index is -0.957. The summed E-state index contributed by atoms with van der Waals surface area (Å²) in [6.07, 6.45) is 3.79. The molecule has 372 valence electrons. The molecule has 0 spiro atoms. The molecular formula is C54H74N8O7. The fourth-order valence-corrected chi connectivity index (χ4v) is 10.3. The Morgan fingerprint density at radius 2 is 1.22 bits per heavy atom. The van der Waals surface area contributed by atoms with Gasteiger partial charge in [0.2, 0.25) is 35.4 Å². The third kappa shape index (κ3) is 11.3. The first-order chi connectivity index (χ1) is 32.7. The fraction of sp³-hybridized carbons (Fsp3) is 0.556. The quantitative estimate of drug-likeness (QED) is 0.141. The Morgan fingerprint density at radius 1 is 0.652 bits per heavy atom. The average molecular weight is 947 g/mol. The number of likely N-dealkylation sites (N-methyl/N-ethyl adjacent to an activating group) is 2. The van der Waals surface area contributed by atoms with E-state index in [1.54, 1.807) is 37.7 Å².